The van der Waals surface area contributed by atoms with E-state index in [9.17, 15) is 4.79 Å². The quantitative estimate of drug-likeness (QED) is 0.778. The number of hydrogen-bond acceptors (Lipinski definition) is 3. The number of carbonyl (C=O) groups is 1. The molecule has 4 heteroatoms. The normalized spacial score (nSPS) is 10.5. The zero-order valence-corrected chi connectivity index (χ0v) is 14.7. The van der Waals surface area contributed by atoms with Crippen molar-refractivity contribution in [1.29, 1.82) is 0 Å². The van der Waals surface area contributed by atoms with Gasteiger partial charge in [-0.05, 0) is 37.5 Å². The molecule has 4 nitrogen and oxygen atoms in total. The van der Waals surface area contributed by atoms with Gasteiger partial charge < -0.3 is 5.32 Å². The van der Waals surface area contributed by atoms with E-state index in [1.165, 1.54) is 0 Å². The fourth-order valence-corrected chi connectivity index (χ4v) is 2.79. The number of nitrogens with zero attached hydrogens (tertiary/aromatic N) is 2. The number of anilines is 1. The summed E-state index contributed by atoms with van der Waals surface area (Å²) in [6.45, 7) is 5.81. The average molecular weight is 331 g/mol. The number of amides is 1. The molecule has 126 valence electrons. The van der Waals surface area contributed by atoms with E-state index in [0.717, 1.165) is 22.4 Å². The monoisotopic (exact) mass is 331 g/mol. The number of aromatic nitrogens is 2. The Morgan fingerprint density at radius 3 is 2.28 bits per heavy atom. The van der Waals surface area contributed by atoms with Crippen LogP contribution in [0.15, 0.2) is 54.7 Å². The molecule has 0 unspecified atom stereocenters. The molecule has 3 aromatic rings. The van der Waals surface area contributed by atoms with E-state index >= 15 is 0 Å². The van der Waals surface area contributed by atoms with E-state index in [4.69, 9.17) is 0 Å². The van der Waals surface area contributed by atoms with Crippen LogP contribution < -0.4 is 5.32 Å². The maximum atomic E-state index is 12.6. The molecule has 3 rings (SSSR count). The predicted octanol–water partition coefficient (Wildman–Crippen LogP) is 4.24. The highest BCUT2D eigenvalue weighted by molar-refractivity contribution is 6.05. The van der Waals surface area contributed by atoms with E-state index < -0.39 is 0 Å². The van der Waals surface area contributed by atoms with Crippen LogP contribution >= 0.6 is 0 Å². The highest BCUT2D eigenvalue weighted by Crippen LogP contribution is 2.20. The first-order valence-electron chi connectivity index (χ1n) is 8.28. The van der Waals surface area contributed by atoms with Gasteiger partial charge in [-0.25, -0.2) is 9.97 Å². The minimum atomic E-state index is -0.179. The molecule has 0 radical (unpaired) electrons. The summed E-state index contributed by atoms with van der Waals surface area (Å²) in [4.78, 5) is 21.5. The minimum absolute atomic E-state index is 0.179. The molecule has 1 aromatic heterocycles. The summed E-state index contributed by atoms with van der Waals surface area (Å²) in [7, 11) is 0. The van der Waals surface area contributed by atoms with Gasteiger partial charge in [-0.3, -0.25) is 4.79 Å². The zero-order valence-electron chi connectivity index (χ0n) is 14.7. The molecule has 0 atom stereocenters. The molecular formula is C21H21N3O. The van der Waals surface area contributed by atoms with Gasteiger partial charge in [0.05, 0.1) is 11.3 Å². The number of para-hydroxylation sites is 1. The van der Waals surface area contributed by atoms with Crippen molar-refractivity contribution in [3.05, 3.63) is 88.5 Å². The van der Waals surface area contributed by atoms with Gasteiger partial charge in [0, 0.05) is 18.3 Å². The second kappa shape index (κ2) is 7.26. The summed E-state index contributed by atoms with van der Waals surface area (Å²) < 4.78 is 0. The molecule has 1 heterocycles. The molecule has 0 fully saturated rings. The Morgan fingerprint density at radius 2 is 1.64 bits per heavy atom. The van der Waals surface area contributed by atoms with Gasteiger partial charge in [-0.2, -0.15) is 0 Å². The maximum Gasteiger partial charge on any atom is 0.259 e. The molecular weight excluding hydrogens is 310 g/mol. The van der Waals surface area contributed by atoms with Crippen LogP contribution in [0.2, 0.25) is 0 Å². The van der Waals surface area contributed by atoms with Crippen molar-refractivity contribution in [1.82, 2.24) is 9.97 Å². The first kappa shape index (κ1) is 16.8. The van der Waals surface area contributed by atoms with Crippen molar-refractivity contribution in [2.45, 2.75) is 27.2 Å². The molecule has 0 spiro atoms. The summed E-state index contributed by atoms with van der Waals surface area (Å²) in [5.41, 5.74) is 5.25. The van der Waals surface area contributed by atoms with E-state index in [2.05, 4.69) is 15.3 Å². The van der Waals surface area contributed by atoms with Gasteiger partial charge in [0.1, 0.15) is 5.82 Å². The number of rotatable bonds is 4. The Balaban J connectivity index is 1.80. The molecule has 0 saturated heterocycles. The number of benzene rings is 2. The highest BCUT2D eigenvalue weighted by atomic mass is 16.1. The van der Waals surface area contributed by atoms with Crippen molar-refractivity contribution in [2.24, 2.45) is 0 Å². The summed E-state index contributed by atoms with van der Waals surface area (Å²) in [6.07, 6.45) is 2.27. The van der Waals surface area contributed by atoms with Crippen LogP contribution in [-0.2, 0) is 6.42 Å². The third-order valence-corrected chi connectivity index (χ3v) is 4.20. The van der Waals surface area contributed by atoms with Crippen LogP contribution in [0, 0.1) is 20.8 Å². The van der Waals surface area contributed by atoms with Gasteiger partial charge in [0.2, 0.25) is 0 Å². The van der Waals surface area contributed by atoms with Crippen molar-refractivity contribution in [3.8, 4) is 0 Å². The standard InChI is InChI=1S/C21H21N3O/c1-14-8-7-9-15(2)20(14)24-21(25)18-13-22-19(23-16(18)3)12-17-10-5-4-6-11-17/h4-11,13H,12H2,1-3H3,(H,24,25). The van der Waals surface area contributed by atoms with Crippen LogP contribution in [0.4, 0.5) is 5.69 Å². The molecule has 1 N–H and O–H groups in total. The van der Waals surface area contributed by atoms with Gasteiger partial charge in [0.25, 0.3) is 5.91 Å². The molecule has 1 amide bonds. The SMILES string of the molecule is Cc1cccc(C)c1NC(=O)c1cnc(Cc2ccccc2)nc1C. The van der Waals surface area contributed by atoms with Crippen LogP contribution in [0.25, 0.3) is 0 Å². The van der Waals surface area contributed by atoms with Crippen molar-refractivity contribution in [3.63, 3.8) is 0 Å². The molecule has 0 saturated carbocycles. The number of hydrogen-bond donors (Lipinski definition) is 1. The van der Waals surface area contributed by atoms with Crippen LogP contribution in [-0.4, -0.2) is 15.9 Å². The summed E-state index contributed by atoms with van der Waals surface area (Å²) >= 11 is 0. The predicted molar refractivity (Wildman–Crippen MR) is 99.9 cm³/mol. The number of carbonyl (C=O) groups excluding carboxylic acids is 1. The Morgan fingerprint density at radius 1 is 0.960 bits per heavy atom. The Kier molecular flexibility index (Phi) is 4.89. The lowest BCUT2D eigenvalue weighted by Crippen LogP contribution is -2.17. The fourth-order valence-electron chi connectivity index (χ4n) is 2.79. The van der Waals surface area contributed by atoms with Crippen molar-refractivity contribution in [2.75, 3.05) is 5.32 Å². The van der Waals surface area contributed by atoms with E-state index in [0.29, 0.717) is 23.5 Å². The van der Waals surface area contributed by atoms with Gasteiger partial charge in [0.15, 0.2) is 0 Å². The Hall–Kier alpha value is -3.01. The topological polar surface area (TPSA) is 54.9 Å². The molecule has 0 aliphatic rings. The van der Waals surface area contributed by atoms with Gasteiger partial charge >= 0.3 is 0 Å². The van der Waals surface area contributed by atoms with E-state index in [1.807, 2.05) is 69.3 Å². The third kappa shape index (κ3) is 3.91. The number of nitrogens with one attached hydrogen (secondary N) is 1. The molecule has 0 aliphatic heterocycles. The lowest BCUT2D eigenvalue weighted by atomic mass is 10.1. The van der Waals surface area contributed by atoms with Crippen LogP contribution in [0.3, 0.4) is 0 Å². The molecule has 0 aliphatic carbocycles. The number of aryl methyl sites for hydroxylation is 3. The largest absolute Gasteiger partial charge is 0.321 e. The third-order valence-electron chi connectivity index (χ3n) is 4.20. The summed E-state index contributed by atoms with van der Waals surface area (Å²) in [5, 5.41) is 2.99. The lowest BCUT2D eigenvalue weighted by Gasteiger charge is -2.12. The van der Waals surface area contributed by atoms with Gasteiger partial charge in [-0.1, -0.05) is 48.5 Å². The van der Waals surface area contributed by atoms with E-state index in [-0.39, 0.29) is 5.91 Å². The first-order chi connectivity index (χ1) is 12.0. The smallest absolute Gasteiger partial charge is 0.259 e. The van der Waals surface area contributed by atoms with Crippen LogP contribution in [0.1, 0.15) is 38.6 Å². The summed E-state index contributed by atoms with van der Waals surface area (Å²) in [5.74, 6) is 0.536. The van der Waals surface area contributed by atoms with E-state index in [1.54, 1.807) is 6.20 Å². The summed E-state index contributed by atoms with van der Waals surface area (Å²) in [6, 6.07) is 16.0. The second-order valence-electron chi connectivity index (χ2n) is 6.17. The molecule has 0 bridgehead atoms. The van der Waals surface area contributed by atoms with Crippen molar-refractivity contribution >= 4 is 11.6 Å². The minimum Gasteiger partial charge on any atom is -0.321 e. The van der Waals surface area contributed by atoms with Crippen LogP contribution in [0.5, 0.6) is 0 Å². The maximum absolute atomic E-state index is 12.6. The average Bonchev–Trinajstić information content (AvgIpc) is 2.59. The lowest BCUT2D eigenvalue weighted by molar-refractivity contribution is 0.102. The fraction of sp³-hybridized carbons (Fsp3) is 0.190. The second-order valence-corrected chi connectivity index (χ2v) is 6.17. The molecule has 25 heavy (non-hydrogen) atoms. The highest BCUT2D eigenvalue weighted by Gasteiger charge is 2.14. The molecule has 2 aromatic carbocycles. The Bertz CT molecular complexity index is 884. The van der Waals surface area contributed by atoms with Gasteiger partial charge in [-0.15, -0.1) is 0 Å². The first-order valence-corrected chi connectivity index (χ1v) is 8.28. The Labute approximate surface area is 148 Å². The van der Waals surface area contributed by atoms with Crippen molar-refractivity contribution < 1.29 is 4.79 Å². The zero-order chi connectivity index (χ0) is 17.8.